The summed E-state index contributed by atoms with van der Waals surface area (Å²) in [5.74, 6) is 1.23. The highest BCUT2D eigenvalue weighted by molar-refractivity contribution is 5.82. The highest BCUT2D eigenvalue weighted by atomic mass is 16.2. The van der Waals surface area contributed by atoms with E-state index in [9.17, 15) is 4.79 Å². The molecule has 0 saturated carbocycles. The maximum atomic E-state index is 12.6. The van der Waals surface area contributed by atoms with Gasteiger partial charge < -0.3 is 15.1 Å². The molecule has 0 aliphatic carbocycles. The van der Waals surface area contributed by atoms with Crippen molar-refractivity contribution in [3.05, 3.63) is 35.9 Å². The van der Waals surface area contributed by atoms with Crippen LogP contribution in [0.1, 0.15) is 25.3 Å². The van der Waals surface area contributed by atoms with Crippen molar-refractivity contribution in [2.45, 2.75) is 32.4 Å². The number of nitrogens with zero attached hydrogens (tertiary/aromatic N) is 4. The van der Waals surface area contributed by atoms with E-state index in [2.05, 4.69) is 51.3 Å². The lowest BCUT2D eigenvalue weighted by Crippen LogP contribution is -2.57. The van der Waals surface area contributed by atoms with Crippen LogP contribution in [-0.4, -0.2) is 78.9 Å². The smallest absolute Gasteiger partial charge is 0.239 e. The summed E-state index contributed by atoms with van der Waals surface area (Å²) < 4.78 is 0. The molecule has 1 aromatic rings. The van der Waals surface area contributed by atoms with Crippen LogP contribution in [-0.2, 0) is 11.3 Å². The molecule has 1 atom stereocenters. The van der Waals surface area contributed by atoms with Crippen LogP contribution in [0.2, 0.25) is 0 Å². The first-order valence-electron chi connectivity index (χ1n) is 9.71. The summed E-state index contributed by atoms with van der Waals surface area (Å²) in [5, 5.41) is 3.45. The van der Waals surface area contributed by atoms with Gasteiger partial charge in [0, 0.05) is 52.9 Å². The van der Waals surface area contributed by atoms with Crippen molar-refractivity contribution in [3.8, 4) is 0 Å². The number of hydrogen-bond donors (Lipinski definition) is 1. The lowest BCUT2D eigenvalue weighted by Gasteiger charge is -2.39. The Labute approximate surface area is 156 Å². The van der Waals surface area contributed by atoms with Gasteiger partial charge in [-0.25, -0.2) is 0 Å². The average molecular weight is 358 g/mol. The Kier molecular flexibility index (Phi) is 6.50. The lowest BCUT2D eigenvalue weighted by molar-refractivity contribution is -0.135. The molecule has 0 spiro atoms. The molecule has 0 bridgehead atoms. The van der Waals surface area contributed by atoms with E-state index in [1.807, 2.05) is 18.0 Å². The Balaban J connectivity index is 1.48. The zero-order chi connectivity index (χ0) is 18.4. The number of hydrogen-bond acceptors (Lipinski definition) is 3. The van der Waals surface area contributed by atoms with Gasteiger partial charge >= 0.3 is 0 Å². The summed E-state index contributed by atoms with van der Waals surface area (Å²) in [6, 6.07) is 10.3. The first kappa shape index (κ1) is 18.7. The minimum absolute atomic E-state index is 0.0189. The number of aliphatic imine (C=N–C) groups is 1. The van der Waals surface area contributed by atoms with E-state index in [4.69, 9.17) is 0 Å². The molecule has 1 N–H and O–H groups in total. The maximum absolute atomic E-state index is 12.6. The summed E-state index contributed by atoms with van der Waals surface area (Å²) >= 11 is 0. The highest BCUT2D eigenvalue weighted by Gasteiger charge is 2.30. The number of rotatable bonds is 4. The standard InChI is InChI=1S/C20H31N5O/c1-17(19(26)24-10-6-7-11-24)23-12-14-25(15-13-23)20(21-2)22-16-18-8-4-3-5-9-18/h3-5,8-9,17H,6-7,10-16H2,1-2H3,(H,21,22). The first-order valence-corrected chi connectivity index (χ1v) is 9.71. The summed E-state index contributed by atoms with van der Waals surface area (Å²) in [6.45, 7) is 8.27. The van der Waals surface area contributed by atoms with Crippen molar-refractivity contribution in [3.63, 3.8) is 0 Å². The monoisotopic (exact) mass is 357 g/mol. The quantitative estimate of drug-likeness (QED) is 0.654. The molecule has 2 aliphatic heterocycles. The van der Waals surface area contributed by atoms with E-state index in [-0.39, 0.29) is 6.04 Å². The van der Waals surface area contributed by atoms with E-state index in [0.29, 0.717) is 5.91 Å². The Hall–Kier alpha value is -2.08. The fourth-order valence-corrected chi connectivity index (χ4v) is 3.79. The predicted molar refractivity (Wildman–Crippen MR) is 105 cm³/mol. The Bertz CT molecular complexity index is 604. The van der Waals surface area contributed by atoms with Gasteiger partial charge in [-0.15, -0.1) is 0 Å². The summed E-state index contributed by atoms with van der Waals surface area (Å²) in [4.78, 5) is 23.7. The van der Waals surface area contributed by atoms with E-state index in [1.165, 1.54) is 5.56 Å². The zero-order valence-corrected chi connectivity index (χ0v) is 16.0. The van der Waals surface area contributed by atoms with Crippen molar-refractivity contribution < 1.29 is 4.79 Å². The molecule has 142 valence electrons. The van der Waals surface area contributed by atoms with Gasteiger partial charge in [-0.1, -0.05) is 30.3 Å². The minimum Gasteiger partial charge on any atom is -0.352 e. The van der Waals surface area contributed by atoms with Crippen molar-refractivity contribution in [2.24, 2.45) is 4.99 Å². The summed E-state index contributed by atoms with van der Waals surface area (Å²) in [6.07, 6.45) is 2.30. The third kappa shape index (κ3) is 4.55. The van der Waals surface area contributed by atoms with E-state index in [1.54, 1.807) is 0 Å². The predicted octanol–water partition coefficient (Wildman–Crippen LogP) is 1.39. The van der Waals surface area contributed by atoms with E-state index < -0.39 is 0 Å². The molecule has 1 unspecified atom stereocenters. The molecule has 6 heteroatoms. The zero-order valence-electron chi connectivity index (χ0n) is 16.0. The molecule has 2 heterocycles. The number of carbonyl (C=O) groups is 1. The van der Waals surface area contributed by atoms with Crippen molar-refractivity contribution >= 4 is 11.9 Å². The molecule has 1 aromatic carbocycles. The van der Waals surface area contributed by atoms with Gasteiger partial charge in [-0.2, -0.15) is 0 Å². The molecule has 6 nitrogen and oxygen atoms in total. The maximum Gasteiger partial charge on any atom is 0.239 e. The van der Waals surface area contributed by atoms with Gasteiger partial charge in [0.2, 0.25) is 5.91 Å². The van der Waals surface area contributed by atoms with E-state index in [0.717, 1.165) is 64.6 Å². The average Bonchev–Trinajstić information content (AvgIpc) is 3.23. The number of piperazine rings is 1. The molecule has 2 fully saturated rings. The number of amides is 1. The molecular weight excluding hydrogens is 326 g/mol. The minimum atomic E-state index is -0.0189. The Morgan fingerprint density at radius 3 is 2.31 bits per heavy atom. The van der Waals surface area contributed by atoms with Gasteiger partial charge in [0.15, 0.2) is 5.96 Å². The fraction of sp³-hybridized carbons (Fsp3) is 0.600. The van der Waals surface area contributed by atoms with Crippen LogP contribution in [0, 0.1) is 0 Å². The van der Waals surface area contributed by atoms with Crippen LogP contribution in [0.25, 0.3) is 0 Å². The largest absolute Gasteiger partial charge is 0.352 e. The normalized spacial score (nSPS) is 20.3. The number of carbonyl (C=O) groups excluding carboxylic acids is 1. The van der Waals surface area contributed by atoms with Gasteiger partial charge in [0.1, 0.15) is 0 Å². The molecule has 0 radical (unpaired) electrons. The van der Waals surface area contributed by atoms with E-state index >= 15 is 0 Å². The number of guanidine groups is 1. The molecule has 0 aromatic heterocycles. The van der Waals surface area contributed by atoms with Gasteiger partial charge in [-0.05, 0) is 25.3 Å². The topological polar surface area (TPSA) is 51.2 Å². The van der Waals surface area contributed by atoms with Crippen LogP contribution < -0.4 is 5.32 Å². The molecule has 2 aliphatic rings. The molecule has 26 heavy (non-hydrogen) atoms. The second-order valence-corrected chi connectivity index (χ2v) is 7.12. The van der Waals surface area contributed by atoms with Crippen molar-refractivity contribution in [1.29, 1.82) is 0 Å². The number of nitrogens with one attached hydrogen (secondary N) is 1. The molecule has 3 rings (SSSR count). The molecule has 1 amide bonds. The number of likely N-dealkylation sites (tertiary alicyclic amines) is 1. The lowest BCUT2D eigenvalue weighted by atomic mass is 10.2. The Morgan fingerprint density at radius 2 is 1.69 bits per heavy atom. The second-order valence-electron chi connectivity index (χ2n) is 7.12. The third-order valence-corrected chi connectivity index (χ3v) is 5.44. The first-order chi connectivity index (χ1) is 12.7. The highest BCUT2D eigenvalue weighted by Crippen LogP contribution is 2.14. The van der Waals surface area contributed by atoms with Crippen LogP contribution in [0.3, 0.4) is 0 Å². The van der Waals surface area contributed by atoms with Gasteiger partial charge in [0.05, 0.1) is 6.04 Å². The molecular formula is C20H31N5O. The fourth-order valence-electron chi connectivity index (χ4n) is 3.79. The SMILES string of the molecule is CN=C(NCc1ccccc1)N1CCN(C(C)C(=O)N2CCCC2)CC1. The van der Waals surface area contributed by atoms with Crippen LogP contribution in [0.15, 0.2) is 35.3 Å². The summed E-state index contributed by atoms with van der Waals surface area (Å²) in [5.41, 5.74) is 1.25. The summed E-state index contributed by atoms with van der Waals surface area (Å²) in [7, 11) is 1.83. The van der Waals surface area contributed by atoms with Crippen LogP contribution in [0.5, 0.6) is 0 Å². The second kappa shape index (κ2) is 9.03. The van der Waals surface area contributed by atoms with Crippen molar-refractivity contribution in [2.75, 3.05) is 46.3 Å². The molecule has 2 saturated heterocycles. The van der Waals surface area contributed by atoms with Gasteiger partial charge in [0.25, 0.3) is 0 Å². The Morgan fingerprint density at radius 1 is 1.04 bits per heavy atom. The van der Waals surface area contributed by atoms with Crippen molar-refractivity contribution in [1.82, 2.24) is 20.0 Å². The number of benzene rings is 1. The van der Waals surface area contributed by atoms with Crippen LogP contribution in [0.4, 0.5) is 0 Å². The van der Waals surface area contributed by atoms with Crippen LogP contribution >= 0.6 is 0 Å². The van der Waals surface area contributed by atoms with Gasteiger partial charge in [-0.3, -0.25) is 14.7 Å². The third-order valence-electron chi connectivity index (χ3n) is 5.44.